The van der Waals surface area contributed by atoms with Crippen LogP contribution in [0.4, 0.5) is 0 Å². The number of benzene rings is 1. The highest BCUT2D eigenvalue weighted by Crippen LogP contribution is 2.21. The lowest BCUT2D eigenvalue weighted by Gasteiger charge is -2.28. The van der Waals surface area contributed by atoms with Crippen molar-refractivity contribution in [3.63, 3.8) is 0 Å². The molecule has 2 N–H and O–H groups in total. The lowest BCUT2D eigenvalue weighted by Crippen LogP contribution is -2.46. The smallest absolute Gasteiger partial charge is 0.331 e. The number of esters is 1. The van der Waals surface area contributed by atoms with E-state index >= 15 is 0 Å². The van der Waals surface area contributed by atoms with Gasteiger partial charge in [-0.3, -0.25) is 0 Å². The predicted molar refractivity (Wildman–Crippen MR) is 63.5 cm³/mol. The van der Waals surface area contributed by atoms with Gasteiger partial charge in [-0.25, -0.2) is 4.79 Å². The molecule has 1 atom stereocenters. The Balaban J connectivity index is 2.90. The van der Waals surface area contributed by atoms with E-state index in [0.29, 0.717) is 5.56 Å². The predicted octanol–water partition coefficient (Wildman–Crippen LogP) is 2.02. The molecular formula is C13H18NO2. The van der Waals surface area contributed by atoms with Crippen LogP contribution in [0.5, 0.6) is 0 Å². The summed E-state index contributed by atoms with van der Waals surface area (Å²) in [5.41, 5.74) is 4.63. The molecule has 3 heteroatoms. The van der Waals surface area contributed by atoms with E-state index in [9.17, 15) is 4.79 Å². The second kappa shape index (κ2) is 4.26. The summed E-state index contributed by atoms with van der Waals surface area (Å²) < 4.78 is 5.23. The van der Waals surface area contributed by atoms with Crippen molar-refractivity contribution in [2.24, 2.45) is 5.73 Å². The Hall–Kier alpha value is -1.35. The Morgan fingerprint density at radius 3 is 2.19 bits per heavy atom. The Morgan fingerprint density at radius 1 is 1.25 bits per heavy atom. The van der Waals surface area contributed by atoms with Crippen molar-refractivity contribution in [3.8, 4) is 0 Å². The minimum atomic E-state index is -1.35. The van der Waals surface area contributed by atoms with Crippen LogP contribution in [0.15, 0.2) is 30.3 Å². The summed E-state index contributed by atoms with van der Waals surface area (Å²) >= 11 is 0. The van der Waals surface area contributed by atoms with Crippen LogP contribution in [0.25, 0.3) is 0 Å². The Labute approximate surface area is 96.6 Å². The molecule has 0 saturated heterocycles. The molecule has 0 bridgehead atoms. The second-order valence-corrected chi connectivity index (χ2v) is 4.84. The molecule has 0 heterocycles. The quantitative estimate of drug-likeness (QED) is 0.776. The summed E-state index contributed by atoms with van der Waals surface area (Å²) in [5.74, 6) is -0.522. The van der Waals surface area contributed by atoms with Gasteiger partial charge in [-0.15, -0.1) is 0 Å². The fourth-order valence-electron chi connectivity index (χ4n) is 1.22. The van der Waals surface area contributed by atoms with Crippen molar-refractivity contribution in [2.45, 2.75) is 31.9 Å². The third-order valence-electron chi connectivity index (χ3n) is 2.05. The first-order chi connectivity index (χ1) is 7.23. The van der Waals surface area contributed by atoms with Gasteiger partial charge in [0.25, 0.3) is 0 Å². The molecule has 16 heavy (non-hydrogen) atoms. The van der Waals surface area contributed by atoms with Gasteiger partial charge >= 0.3 is 5.97 Å². The van der Waals surface area contributed by atoms with Crippen LogP contribution in [0.3, 0.4) is 0 Å². The minimum absolute atomic E-state index is 0.522. The molecule has 0 aliphatic heterocycles. The zero-order valence-corrected chi connectivity index (χ0v) is 9.99. The Kier molecular flexibility index (Phi) is 3.38. The van der Waals surface area contributed by atoms with E-state index in [1.54, 1.807) is 32.9 Å². The number of nitrogens with two attached hydrogens (primary N) is 1. The van der Waals surface area contributed by atoms with Crippen molar-refractivity contribution in [1.82, 2.24) is 0 Å². The van der Waals surface area contributed by atoms with Gasteiger partial charge in [0.15, 0.2) is 0 Å². The standard InChI is InChI=1S/C13H18NO2/c1-12(2,3)16-11(15)13(4,14)10-8-6-5-7-9-10/h5-9H,4,14H2,1-3H3. The van der Waals surface area contributed by atoms with Crippen molar-refractivity contribution >= 4 is 5.97 Å². The van der Waals surface area contributed by atoms with Gasteiger partial charge in [0.2, 0.25) is 0 Å². The monoisotopic (exact) mass is 220 g/mol. The molecule has 87 valence electrons. The molecule has 1 unspecified atom stereocenters. The van der Waals surface area contributed by atoms with E-state index in [4.69, 9.17) is 10.5 Å². The van der Waals surface area contributed by atoms with Crippen LogP contribution in [-0.4, -0.2) is 11.6 Å². The highest BCUT2D eigenvalue weighted by Gasteiger charge is 2.34. The van der Waals surface area contributed by atoms with Crippen LogP contribution in [-0.2, 0) is 15.1 Å². The van der Waals surface area contributed by atoms with Crippen LogP contribution in [0.2, 0.25) is 0 Å². The van der Waals surface area contributed by atoms with Crippen molar-refractivity contribution in [3.05, 3.63) is 42.8 Å². The molecule has 3 nitrogen and oxygen atoms in total. The van der Waals surface area contributed by atoms with E-state index in [-0.39, 0.29) is 0 Å². The van der Waals surface area contributed by atoms with Crippen molar-refractivity contribution in [1.29, 1.82) is 0 Å². The molecule has 0 fully saturated rings. The molecule has 1 aromatic rings. The van der Waals surface area contributed by atoms with Gasteiger partial charge in [0.1, 0.15) is 11.1 Å². The highest BCUT2D eigenvalue weighted by atomic mass is 16.6. The topological polar surface area (TPSA) is 52.3 Å². The molecule has 0 saturated carbocycles. The summed E-state index contributed by atoms with van der Waals surface area (Å²) in [6, 6.07) is 9.00. The molecule has 0 aromatic heterocycles. The summed E-state index contributed by atoms with van der Waals surface area (Å²) in [5, 5.41) is 0. The van der Waals surface area contributed by atoms with Crippen LogP contribution in [0.1, 0.15) is 26.3 Å². The zero-order chi connectivity index (χ0) is 12.4. The van der Waals surface area contributed by atoms with Crippen LogP contribution >= 0.6 is 0 Å². The maximum atomic E-state index is 11.9. The average Bonchev–Trinajstić information content (AvgIpc) is 2.16. The van der Waals surface area contributed by atoms with Gasteiger partial charge < -0.3 is 10.5 Å². The van der Waals surface area contributed by atoms with E-state index in [0.717, 1.165) is 0 Å². The van der Waals surface area contributed by atoms with Crippen LogP contribution < -0.4 is 5.73 Å². The van der Waals surface area contributed by atoms with E-state index in [2.05, 4.69) is 6.92 Å². The molecule has 0 spiro atoms. The Morgan fingerprint density at radius 2 is 1.75 bits per heavy atom. The van der Waals surface area contributed by atoms with Gasteiger partial charge in [-0.2, -0.15) is 0 Å². The molecule has 0 aliphatic carbocycles. The molecule has 0 aliphatic rings. The van der Waals surface area contributed by atoms with Gasteiger partial charge in [-0.05, 0) is 33.3 Å². The fraction of sp³-hybridized carbons (Fsp3) is 0.385. The van der Waals surface area contributed by atoms with Gasteiger partial charge in [-0.1, -0.05) is 30.3 Å². The summed E-state index contributed by atoms with van der Waals surface area (Å²) in [6.07, 6.45) is 0. The average molecular weight is 220 g/mol. The lowest BCUT2D eigenvalue weighted by atomic mass is 9.93. The third kappa shape index (κ3) is 3.07. The van der Waals surface area contributed by atoms with Crippen molar-refractivity contribution < 1.29 is 9.53 Å². The first-order valence-corrected chi connectivity index (χ1v) is 5.17. The number of ether oxygens (including phenoxy) is 1. The number of carbonyl (C=O) groups is 1. The summed E-state index contributed by atoms with van der Waals surface area (Å²) in [6.45, 7) is 9.12. The zero-order valence-electron chi connectivity index (χ0n) is 9.99. The number of carbonyl (C=O) groups excluding carboxylic acids is 1. The van der Waals surface area contributed by atoms with E-state index in [1.165, 1.54) is 0 Å². The minimum Gasteiger partial charge on any atom is -0.458 e. The first-order valence-electron chi connectivity index (χ1n) is 5.17. The molecule has 1 aromatic carbocycles. The normalized spacial score (nSPS) is 15.3. The maximum Gasteiger partial charge on any atom is 0.331 e. The fourth-order valence-corrected chi connectivity index (χ4v) is 1.22. The third-order valence-corrected chi connectivity index (χ3v) is 2.05. The number of rotatable bonds is 2. The summed E-state index contributed by atoms with van der Waals surface area (Å²) in [4.78, 5) is 11.9. The number of hydrogen-bond acceptors (Lipinski definition) is 3. The van der Waals surface area contributed by atoms with Gasteiger partial charge in [0.05, 0.1) is 0 Å². The van der Waals surface area contributed by atoms with Crippen molar-refractivity contribution in [2.75, 3.05) is 0 Å². The maximum absolute atomic E-state index is 11.9. The highest BCUT2D eigenvalue weighted by molar-refractivity contribution is 5.83. The Bertz CT molecular complexity index is 363. The van der Waals surface area contributed by atoms with Gasteiger partial charge in [0, 0.05) is 0 Å². The number of hydrogen-bond donors (Lipinski definition) is 1. The molecular weight excluding hydrogens is 202 g/mol. The molecule has 1 rings (SSSR count). The lowest BCUT2D eigenvalue weighted by molar-refractivity contribution is -0.160. The molecule has 0 amide bonds. The van der Waals surface area contributed by atoms with E-state index in [1.807, 2.05) is 18.2 Å². The van der Waals surface area contributed by atoms with E-state index < -0.39 is 17.1 Å². The SMILES string of the molecule is [CH2]C(N)(C(=O)OC(C)(C)C)c1ccccc1. The molecule has 1 radical (unpaired) electrons. The summed E-state index contributed by atoms with van der Waals surface area (Å²) in [7, 11) is 0. The first kappa shape index (κ1) is 12.7. The second-order valence-electron chi connectivity index (χ2n) is 4.84. The van der Waals surface area contributed by atoms with Crippen LogP contribution in [0, 0.1) is 6.92 Å². The largest absolute Gasteiger partial charge is 0.458 e.